The van der Waals surface area contributed by atoms with Gasteiger partial charge in [0.1, 0.15) is 5.78 Å². The first-order chi connectivity index (χ1) is 8.56. The molecular formula is C15H16O3. The molecule has 0 aromatic heterocycles. The first kappa shape index (κ1) is 12.6. The molecule has 1 aliphatic rings. The van der Waals surface area contributed by atoms with E-state index in [9.17, 15) is 9.59 Å². The summed E-state index contributed by atoms with van der Waals surface area (Å²) < 4.78 is 4.84. The van der Waals surface area contributed by atoms with E-state index in [1.165, 1.54) is 7.11 Å². The van der Waals surface area contributed by atoms with Crippen LogP contribution in [0.25, 0.3) is 5.57 Å². The molecule has 1 aromatic rings. The molecule has 18 heavy (non-hydrogen) atoms. The highest BCUT2D eigenvalue weighted by Crippen LogP contribution is 2.43. The molecule has 2 rings (SSSR count). The van der Waals surface area contributed by atoms with Crippen LogP contribution in [0.15, 0.2) is 29.8 Å². The summed E-state index contributed by atoms with van der Waals surface area (Å²) in [5.41, 5.74) is 3.63. The maximum atomic E-state index is 11.9. The van der Waals surface area contributed by atoms with E-state index < -0.39 is 0 Å². The Morgan fingerprint density at radius 3 is 2.56 bits per heavy atom. The van der Waals surface area contributed by atoms with Crippen molar-refractivity contribution in [2.24, 2.45) is 0 Å². The van der Waals surface area contributed by atoms with E-state index in [1.54, 1.807) is 6.92 Å². The lowest BCUT2D eigenvalue weighted by Gasteiger charge is -2.13. The number of hydrogen-bond acceptors (Lipinski definition) is 3. The summed E-state index contributed by atoms with van der Waals surface area (Å²) in [5, 5.41) is 0. The van der Waals surface area contributed by atoms with E-state index in [1.807, 2.05) is 31.2 Å². The van der Waals surface area contributed by atoms with Gasteiger partial charge in [0.25, 0.3) is 0 Å². The van der Waals surface area contributed by atoms with Crippen LogP contribution < -0.4 is 0 Å². The number of rotatable bonds is 3. The maximum Gasteiger partial charge on any atom is 0.334 e. The zero-order chi connectivity index (χ0) is 13.3. The number of fused-ring (bicyclic) bond motifs is 1. The summed E-state index contributed by atoms with van der Waals surface area (Å²) in [6.07, 6.45) is 0.346. The quantitative estimate of drug-likeness (QED) is 0.768. The van der Waals surface area contributed by atoms with Crippen molar-refractivity contribution in [2.45, 2.75) is 26.2 Å². The number of carbonyl (C=O) groups is 2. The number of hydrogen-bond donors (Lipinski definition) is 0. The fraction of sp³-hybridized carbons (Fsp3) is 0.333. The Bertz CT molecular complexity index is 540. The minimum Gasteiger partial charge on any atom is -0.466 e. The van der Waals surface area contributed by atoms with Gasteiger partial charge in [-0.2, -0.15) is 0 Å². The van der Waals surface area contributed by atoms with Crippen LogP contribution in [0.4, 0.5) is 0 Å². The molecule has 0 aliphatic heterocycles. The lowest BCUT2D eigenvalue weighted by atomic mass is 9.91. The Balaban J connectivity index is 2.53. The lowest BCUT2D eigenvalue weighted by molar-refractivity contribution is -0.136. The summed E-state index contributed by atoms with van der Waals surface area (Å²) >= 11 is 0. The Hall–Kier alpha value is -1.90. The molecule has 0 N–H and O–H groups in total. The molecule has 0 radical (unpaired) electrons. The molecule has 0 amide bonds. The Kier molecular flexibility index (Phi) is 3.32. The molecule has 0 saturated heterocycles. The molecule has 0 heterocycles. The molecule has 3 heteroatoms. The van der Waals surface area contributed by atoms with Crippen molar-refractivity contribution in [3.8, 4) is 0 Å². The van der Waals surface area contributed by atoms with E-state index in [-0.39, 0.29) is 17.7 Å². The van der Waals surface area contributed by atoms with Gasteiger partial charge in [0.05, 0.1) is 7.11 Å². The maximum absolute atomic E-state index is 11.9. The summed E-state index contributed by atoms with van der Waals surface area (Å²) in [4.78, 5) is 23.3. The average molecular weight is 244 g/mol. The van der Waals surface area contributed by atoms with Gasteiger partial charge >= 0.3 is 5.97 Å². The van der Waals surface area contributed by atoms with Crippen LogP contribution in [0, 0.1) is 0 Å². The molecule has 0 fully saturated rings. The Morgan fingerprint density at radius 2 is 1.94 bits per heavy atom. The van der Waals surface area contributed by atoms with Gasteiger partial charge in [-0.3, -0.25) is 4.79 Å². The fourth-order valence-electron chi connectivity index (χ4n) is 2.61. The van der Waals surface area contributed by atoms with Crippen molar-refractivity contribution in [1.82, 2.24) is 0 Å². The monoisotopic (exact) mass is 244 g/mol. The van der Waals surface area contributed by atoms with Crippen molar-refractivity contribution in [3.05, 3.63) is 41.0 Å². The minimum absolute atomic E-state index is 0.0749. The van der Waals surface area contributed by atoms with Gasteiger partial charge in [-0.05, 0) is 30.5 Å². The zero-order valence-corrected chi connectivity index (χ0v) is 10.8. The number of methoxy groups -OCH3 is 1. The third-order valence-corrected chi connectivity index (χ3v) is 3.39. The van der Waals surface area contributed by atoms with Crippen LogP contribution in [0.5, 0.6) is 0 Å². The summed E-state index contributed by atoms with van der Waals surface area (Å²) in [5.74, 6) is -0.424. The van der Waals surface area contributed by atoms with Crippen molar-refractivity contribution >= 4 is 17.3 Å². The SMILES string of the molecule is COC(=O)C1=C(C)c2ccccc2C1CC(C)=O. The highest BCUT2D eigenvalue weighted by Gasteiger charge is 2.34. The Labute approximate surface area is 106 Å². The average Bonchev–Trinajstić information content (AvgIpc) is 2.62. The number of Topliss-reactive ketones (excluding diaryl/α,β-unsaturated/α-hetero) is 1. The van der Waals surface area contributed by atoms with E-state index in [0.29, 0.717) is 12.0 Å². The molecule has 1 unspecified atom stereocenters. The van der Waals surface area contributed by atoms with E-state index >= 15 is 0 Å². The summed E-state index contributed by atoms with van der Waals surface area (Å²) in [7, 11) is 1.37. The molecule has 0 spiro atoms. The molecule has 3 nitrogen and oxygen atoms in total. The number of allylic oxidation sites excluding steroid dienone is 1. The molecule has 94 valence electrons. The fourth-order valence-corrected chi connectivity index (χ4v) is 2.61. The molecular weight excluding hydrogens is 228 g/mol. The van der Waals surface area contributed by atoms with E-state index in [0.717, 1.165) is 16.7 Å². The van der Waals surface area contributed by atoms with Gasteiger partial charge in [0, 0.05) is 17.9 Å². The summed E-state index contributed by atoms with van der Waals surface area (Å²) in [6.45, 7) is 3.45. The second kappa shape index (κ2) is 4.77. The van der Waals surface area contributed by atoms with Crippen LogP contribution in [0.3, 0.4) is 0 Å². The van der Waals surface area contributed by atoms with Gasteiger partial charge < -0.3 is 4.74 Å². The van der Waals surface area contributed by atoms with Crippen LogP contribution in [0.2, 0.25) is 0 Å². The van der Waals surface area contributed by atoms with Crippen molar-refractivity contribution in [1.29, 1.82) is 0 Å². The van der Waals surface area contributed by atoms with Gasteiger partial charge in [0.15, 0.2) is 0 Å². The van der Waals surface area contributed by atoms with Gasteiger partial charge in [0.2, 0.25) is 0 Å². The van der Waals surface area contributed by atoms with E-state index in [2.05, 4.69) is 0 Å². The number of ether oxygens (including phenoxy) is 1. The third-order valence-electron chi connectivity index (χ3n) is 3.39. The number of benzene rings is 1. The van der Waals surface area contributed by atoms with Crippen LogP contribution in [0.1, 0.15) is 37.3 Å². The third kappa shape index (κ3) is 1.96. The molecule has 0 bridgehead atoms. The Morgan fingerprint density at radius 1 is 1.28 bits per heavy atom. The van der Waals surface area contributed by atoms with Crippen molar-refractivity contribution in [2.75, 3.05) is 7.11 Å². The molecule has 1 aliphatic carbocycles. The second-order valence-electron chi connectivity index (χ2n) is 4.58. The van der Waals surface area contributed by atoms with Crippen LogP contribution in [-0.2, 0) is 14.3 Å². The molecule has 0 saturated carbocycles. The summed E-state index contributed by atoms with van der Waals surface area (Å²) in [6, 6.07) is 7.82. The first-order valence-corrected chi connectivity index (χ1v) is 5.94. The molecule has 1 aromatic carbocycles. The number of carbonyl (C=O) groups excluding carboxylic acids is 2. The number of ketones is 1. The minimum atomic E-state index is -0.338. The van der Waals surface area contributed by atoms with Crippen molar-refractivity contribution < 1.29 is 14.3 Å². The predicted octanol–water partition coefficient (Wildman–Crippen LogP) is 2.71. The topological polar surface area (TPSA) is 43.4 Å². The highest BCUT2D eigenvalue weighted by molar-refractivity contribution is 6.03. The number of esters is 1. The van der Waals surface area contributed by atoms with Crippen LogP contribution >= 0.6 is 0 Å². The van der Waals surface area contributed by atoms with Gasteiger partial charge in [-0.1, -0.05) is 24.3 Å². The zero-order valence-electron chi connectivity index (χ0n) is 10.8. The smallest absolute Gasteiger partial charge is 0.334 e. The van der Waals surface area contributed by atoms with E-state index in [4.69, 9.17) is 4.74 Å². The second-order valence-corrected chi connectivity index (χ2v) is 4.58. The predicted molar refractivity (Wildman–Crippen MR) is 69.1 cm³/mol. The molecule has 1 atom stereocenters. The standard InChI is InChI=1S/C15H16O3/c1-9(16)8-13-12-7-5-4-6-11(12)10(2)14(13)15(17)18-3/h4-7,13H,8H2,1-3H3. The highest BCUT2D eigenvalue weighted by atomic mass is 16.5. The van der Waals surface area contributed by atoms with Gasteiger partial charge in [-0.25, -0.2) is 4.79 Å². The largest absolute Gasteiger partial charge is 0.466 e. The van der Waals surface area contributed by atoms with Crippen LogP contribution in [-0.4, -0.2) is 18.9 Å². The normalized spacial score (nSPS) is 17.6. The van der Waals surface area contributed by atoms with Crippen molar-refractivity contribution in [3.63, 3.8) is 0 Å². The van der Waals surface area contributed by atoms with Gasteiger partial charge in [-0.15, -0.1) is 0 Å². The first-order valence-electron chi connectivity index (χ1n) is 5.94. The lowest BCUT2D eigenvalue weighted by Crippen LogP contribution is -2.13.